The minimum absolute atomic E-state index is 0.590. The molecule has 96 valence electrons. The summed E-state index contributed by atoms with van der Waals surface area (Å²) in [4.78, 5) is 5.28. The summed E-state index contributed by atoms with van der Waals surface area (Å²) in [6.07, 6.45) is 3.35. The number of nitrogens with zero attached hydrogens (tertiary/aromatic N) is 2. The monoisotopic (exact) mass is 278 g/mol. The van der Waals surface area contributed by atoms with E-state index in [9.17, 15) is 0 Å². The van der Waals surface area contributed by atoms with E-state index in [1.54, 1.807) is 24.6 Å². The largest absolute Gasteiger partial charge is 0.464 e. The molecule has 3 aromatic rings. The molecule has 2 aromatic heterocycles. The van der Waals surface area contributed by atoms with Gasteiger partial charge in [0.05, 0.1) is 11.8 Å². The Morgan fingerprint density at radius 2 is 1.90 bits per heavy atom. The van der Waals surface area contributed by atoms with Crippen LogP contribution in [0.4, 0.5) is 0 Å². The third-order valence-corrected chi connectivity index (χ3v) is 3.79. The first-order chi connectivity index (χ1) is 9.86. The molecule has 0 unspecified atom stereocenters. The Morgan fingerprint density at radius 3 is 2.60 bits per heavy atom. The Balaban J connectivity index is 1.84. The second-order valence-corrected chi connectivity index (χ2v) is 5.13. The smallest absolute Gasteiger partial charge is 0.133 e. The van der Waals surface area contributed by atoms with Crippen LogP contribution in [0.25, 0.3) is 11.3 Å². The van der Waals surface area contributed by atoms with Gasteiger partial charge in [0.25, 0.3) is 0 Å². The third-order valence-electron chi connectivity index (χ3n) is 2.77. The highest BCUT2D eigenvalue weighted by molar-refractivity contribution is 7.99. The van der Waals surface area contributed by atoms with E-state index in [4.69, 9.17) is 9.68 Å². The van der Waals surface area contributed by atoms with Gasteiger partial charge in [-0.25, -0.2) is 4.98 Å². The quantitative estimate of drug-likeness (QED) is 0.714. The van der Waals surface area contributed by atoms with Crippen molar-refractivity contribution in [3.05, 3.63) is 66.6 Å². The van der Waals surface area contributed by atoms with Gasteiger partial charge in [0.2, 0.25) is 0 Å². The van der Waals surface area contributed by atoms with E-state index in [2.05, 4.69) is 11.1 Å². The highest BCUT2D eigenvalue weighted by Gasteiger charge is 2.06. The Bertz CT molecular complexity index is 743. The zero-order valence-electron chi connectivity index (χ0n) is 10.5. The summed E-state index contributed by atoms with van der Waals surface area (Å²) in [7, 11) is 0. The van der Waals surface area contributed by atoms with Crippen LogP contribution in [0.15, 0.2) is 75.3 Å². The van der Waals surface area contributed by atoms with Crippen molar-refractivity contribution >= 4 is 11.8 Å². The zero-order chi connectivity index (χ0) is 13.8. The first-order valence-corrected chi connectivity index (χ1v) is 6.85. The molecular formula is C16H10N2OS. The predicted octanol–water partition coefficient (Wildman–Crippen LogP) is 4.36. The number of aromatic nitrogens is 1. The zero-order valence-corrected chi connectivity index (χ0v) is 11.3. The van der Waals surface area contributed by atoms with Crippen molar-refractivity contribution in [1.82, 2.24) is 4.98 Å². The molecule has 0 saturated carbocycles. The van der Waals surface area contributed by atoms with Gasteiger partial charge in [-0.3, -0.25) is 0 Å². The Labute approximate surface area is 120 Å². The van der Waals surface area contributed by atoms with Gasteiger partial charge in [0.15, 0.2) is 0 Å². The van der Waals surface area contributed by atoms with Crippen molar-refractivity contribution < 1.29 is 4.42 Å². The number of furan rings is 1. The summed E-state index contributed by atoms with van der Waals surface area (Å²) in [6, 6.07) is 17.5. The maximum absolute atomic E-state index is 9.05. The molecule has 0 aliphatic heterocycles. The van der Waals surface area contributed by atoms with E-state index >= 15 is 0 Å². The van der Waals surface area contributed by atoms with Crippen LogP contribution in [0.3, 0.4) is 0 Å². The molecule has 3 nitrogen and oxygen atoms in total. The molecule has 20 heavy (non-hydrogen) atoms. The Hall–Kier alpha value is -2.51. The maximum atomic E-state index is 9.05. The van der Waals surface area contributed by atoms with E-state index in [0.717, 1.165) is 21.2 Å². The van der Waals surface area contributed by atoms with Crippen LogP contribution in [-0.4, -0.2) is 4.98 Å². The lowest BCUT2D eigenvalue weighted by molar-refractivity contribution is 0.582. The molecular weight excluding hydrogens is 268 g/mol. The summed E-state index contributed by atoms with van der Waals surface area (Å²) in [5.74, 6) is 0.845. The van der Waals surface area contributed by atoms with Gasteiger partial charge in [0.1, 0.15) is 16.9 Å². The third kappa shape index (κ3) is 2.58. The lowest BCUT2D eigenvalue weighted by Crippen LogP contribution is -1.85. The van der Waals surface area contributed by atoms with E-state index in [-0.39, 0.29) is 0 Å². The van der Waals surface area contributed by atoms with Crippen LogP contribution in [-0.2, 0) is 0 Å². The lowest BCUT2D eigenvalue weighted by atomic mass is 10.2. The molecule has 0 bridgehead atoms. The Morgan fingerprint density at radius 1 is 1.05 bits per heavy atom. The van der Waals surface area contributed by atoms with E-state index < -0.39 is 0 Å². The molecule has 0 saturated heterocycles. The van der Waals surface area contributed by atoms with Crippen molar-refractivity contribution in [2.45, 2.75) is 9.92 Å². The van der Waals surface area contributed by atoms with Crippen molar-refractivity contribution in [3.63, 3.8) is 0 Å². The average Bonchev–Trinajstić information content (AvgIpc) is 3.03. The maximum Gasteiger partial charge on any atom is 0.133 e. The number of benzene rings is 1. The number of nitriles is 1. The van der Waals surface area contributed by atoms with Gasteiger partial charge < -0.3 is 4.42 Å². The fourth-order valence-electron chi connectivity index (χ4n) is 1.80. The average molecular weight is 278 g/mol. The van der Waals surface area contributed by atoms with Crippen LogP contribution in [0, 0.1) is 11.3 Å². The van der Waals surface area contributed by atoms with E-state index in [1.165, 1.54) is 11.8 Å². The molecule has 1 aromatic carbocycles. The van der Waals surface area contributed by atoms with Crippen LogP contribution < -0.4 is 0 Å². The topological polar surface area (TPSA) is 49.8 Å². The summed E-state index contributed by atoms with van der Waals surface area (Å²) < 4.78 is 5.35. The molecule has 0 aliphatic rings. The highest BCUT2D eigenvalue weighted by Crippen LogP contribution is 2.30. The molecule has 0 aliphatic carbocycles. The van der Waals surface area contributed by atoms with E-state index in [0.29, 0.717) is 5.56 Å². The summed E-state index contributed by atoms with van der Waals surface area (Å²) in [6.45, 7) is 0. The molecule has 0 radical (unpaired) electrons. The molecule has 0 spiro atoms. The summed E-state index contributed by atoms with van der Waals surface area (Å²) >= 11 is 1.48. The van der Waals surface area contributed by atoms with Crippen LogP contribution in [0.2, 0.25) is 0 Å². The molecule has 4 heteroatoms. The lowest BCUT2D eigenvalue weighted by Gasteiger charge is -2.03. The fourth-order valence-corrected chi connectivity index (χ4v) is 2.63. The summed E-state index contributed by atoms with van der Waals surface area (Å²) in [5.41, 5.74) is 1.62. The minimum Gasteiger partial charge on any atom is -0.464 e. The number of pyridine rings is 1. The molecule has 0 N–H and O–H groups in total. The van der Waals surface area contributed by atoms with Crippen LogP contribution in [0.5, 0.6) is 0 Å². The van der Waals surface area contributed by atoms with E-state index in [1.807, 2.05) is 36.4 Å². The van der Waals surface area contributed by atoms with Gasteiger partial charge >= 0.3 is 0 Å². The normalized spacial score (nSPS) is 10.2. The van der Waals surface area contributed by atoms with Crippen molar-refractivity contribution in [1.29, 1.82) is 5.26 Å². The van der Waals surface area contributed by atoms with Gasteiger partial charge in [0, 0.05) is 16.7 Å². The summed E-state index contributed by atoms with van der Waals surface area (Å²) in [5, 5.41) is 9.77. The number of hydrogen-bond donors (Lipinski definition) is 0. The number of hydrogen-bond acceptors (Lipinski definition) is 4. The van der Waals surface area contributed by atoms with Gasteiger partial charge in [-0.2, -0.15) is 5.26 Å². The first-order valence-electron chi connectivity index (χ1n) is 6.04. The van der Waals surface area contributed by atoms with Crippen molar-refractivity contribution in [3.8, 4) is 17.4 Å². The second-order valence-electron chi connectivity index (χ2n) is 4.07. The SMILES string of the molecule is N#Cc1cccnc1Sc1ccc(-c2ccco2)cc1. The van der Waals surface area contributed by atoms with Crippen molar-refractivity contribution in [2.75, 3.05) is 0 Å². The van der Waals surface area contributed by atoms with Gasteiger partial charge in [-0.1, -0.05) is 23.9 Å². The fraction of sp³-hybridized carbons (Fsp3) is 0. The minimum atomic E-state index is 0.590. The molecule has 2 heterocycles. The second kappa shape index (κ2) is 5.64. The molecule has 0 fully saturated rings. The van der Waals surface area contributed by atoms with Crippen molar-refractivity contribution in [2.24, 2.45) is 0 Å². The Kier molecular flexibility index (Phi) is 3.53. The van der Waals surface area contributed by atoms with Gasteiger partial charge in [-0.15, -0.1) is 0 Å². The van der Waals surface area contributed by atoms with Crippen LogP contribution in [0.1, 0.15) is 5.56 Å². The molecule has 3 rings (SSSR count). The molecule has 0 amide bonds. The first kappa shape index (κ1) is 12.5. The highest BCUT2D eigenvalue weighted by atomic mass is 32.2. The predicted molar refractivity (Wildman–Crippen MR) is 77.2 cm³/mol. The number of rotatable bonds is 3. The standard InChI is InChI=1S/C16H10N2OS/c17-11-13-3-1-9-18-16(13)20-14-7-5-12(6-8-14)15-4-2-10-19-15/h1-10H. The molecule has 0 atom stereocenters. The van der Waals surface area contributed by atoms with Gasteiger partial charge in [-0.05, 0) is 36.4 Å². The van der Waals surface area contributed by atoms with Crippen LogP contribution >= 0.6 is 11.8 Å².